The number of hydrogen-bond acceptors (Lipinski definition) is 6. The van der Waals surface area contributed by atoms with Crippen molar-refractivity contribution in [3.05, 3.63) is 28.3 Å². The Balaban J connectivity index is 2.53. The van der Waals surface area contributed by atoms with Gasteiger partial charge in [-0.2, -0.15) is 0 Å². The molecule has 1 fully saturated rings. The zero-order valence-corrected chi connectivity index (χ0v) is 13.9. The highest BCUT2D eigenvalue weighted by molar-refractivity contribution is 7.90. The molecule has 22 heavy (non-hydrogen) atoms. The highest BCUT2D eigenvalue weighted by Gasteiger charge is 2.33. The van der Waals surface area contributed by atoms with Gasteiger partial charge in [0.05, 0.1) is 27.2 Å². The van der Waals surface area contributed by atoms with E-state index in [2.05, 4.69) is 0 Å². The van der Waals surface area contributed by atoms with Crippen molar-refractivity contribution in [3.8, 4) is 0 Å². The number of morpholine rings is 1. The first-order valence-corrected chi connectivity index (χ1v) is 8.80. The van der Waals surface area contributed by atoms with E-state index in [1.165, 1.54) is 12.1 Å². The molecule has 0 spiro atoms. The molecule has 0 bridgehead atoms. The standard InChI is InChI=1S/C14H20N2O5S/c1-10-8-15(9-14(2,3)21-10)12-6-5-11(16(17)18)7-13(12)22(4,19)20/h5-7,10H,8-9H2,1-4H3. The first kappa shape index (κ1) is 16.7. The van der Waals surface area contributed by atoms with Gasteiger partial charge >= 0.3 is 0 Å². The lowest BCUT2D eigenvalue weighted by atomic mass is 10.0. The summed E-state index contributed by atoms with van der Waals surface area (Å²) in [5, 5.41) is 10.9. The van der Waals surface area contributed by atoms with Crippen LogP contribution in [0.25, 0.3) is 0 Å². The molecule has 1 aromatic rings. The number of rotatable bonds is 3. The number of nitro benzene ring substituents is 1. The fourth-order valence-electron chi connectivity index (χ4n) is 2.81. The summed E-state index contributed by atoms with van der Waals surface area (Å²) in [6, 6.07) is 3.96. The summed E-state index contributed by atoms with van der Waals surface area (Å²) in [5.41, 5.74) is -0.171. The van der Waals surface area contributed by atoms with Crippen LogP contribution in [0.5, 0.6) is 0 Å². The molecular formula is C14H20N2O5S. The quantitative estimate of drug-likeness (QED) is 0.623. The van der Waals surface area contributed by atoms with Crippen LogP contribution in [0.4, 0.5) is 11.4 Å². The minimum Gasteiger partial charge on any atom is -0.369 e. The van der Waals surface area contributed by atoms with E-state index in [1.54, 1.807) is 0 Å². The van der Waals surface area contributed by atoms with E-state index in [4.69, 9.17) is 4.74 Å². The maximum absolute atomic E-state index is 12.0. The predicted octanol–water partition coefficient (Wildman–Crippen LogP) is 2.00. The lowest BCUT2D eigenvalue weighted by Crippen LogP contribution is -2.52. The first-order chi connectivity index (χ1) is 9.99. The lowest BCUT2D eigenvalue weighted by molar-refractivity contribution is -0.385. The Bertz CT molecular complexity index is 699. The van der Waals surface area contributed by atoms with E-state index in [0.717, 1.165) is 12.3 Å². The first-order valence-electron chi connectivity index (χ1n) is 6.91. The molecule has 1 saturated heterocycles. The second kappa shape index (κ2) is 5.51. The van der Waals surface area contributed by atoms with Crippen LogP contribution in [-0.4, -0.2) is 44.4 Å². The average molecular weight is 328 g/mol. The van der Waals surface area contributed by atoms with Crippen LogP contribution in [-0.2, 0) is 14.6 Å². The van der Waals surface area contributed by atoms with Gasteiger partial charge in [-0.3, -0.25) is 10.1 Å². The highest BCUT2D eigenvalue weighted by atomic mass is 32.2. The van der Waals surface area contributed by atoms with Crippen LogP contribution in [0, 0.1) is 10.1 Å². The smallest absolute Gasteiger partial charge is 0.270 e. The van der Waals surface area contributed by atoms with Crippen molar-refractivity contribution < 1.29 is 18.1 Å². The summed E-state index contributed by atoms with van der Waals surface area (Å²) in [7, 11) is -3.58. The van der Waals surface area contributed by atoms with Crippen molar-refractivity contribution in [2.45, 2.75) is 37.4 Å². The third-order valence-electron chi connectivity index (χ3n) is 3.46. The van der Waals surface area contributed by atoms with Crippen LogP contribution in [0.3, 0.4) is 0 Å². The molecule has 0 aliphatic carbocycles. The third-order valence-corrected chi connectivity index (χ3v) is 4.59. The summed E-state index contributed by atoms with van der Waals surface area (Å²) in [6.45, 7) is 6.82. The van der Waals surface area contributed by atoms with Gasteiger partial charge in [-0.1, -0.05) is 0 Å². The molecule has 1 aliphatic heterocycles. The van der Waals surface area contributed by atoms with Gasteiger partial charge in [0.15, 0.2) is 9.84 Å². The van der Waals surface area contributed by atoms with Gasteiger partial charge in [-0.25, -0.2) is 8.42 Å². The minimum absolute atomic E-state index is 0.0217. The highest BCUT2D eigenvalue weighted by Crippen LogP contribution is 2.33. The van der Waals surface area contributed by atoms with E-state index in [9.17, 15) is 18.5 Å². The summed E-state index contributed by atoms with van der Waals surface area (Å²) < 4.78 is 29.9. The lowest BCUT2D eigenvalue weighted by Gasteiger charge is -2.43. The fraction of sp³-hybridized carbons (Fsp3) is 0.571. The Morgan fingerprint density at radius 1 is 1.41 bits per heavy atom. The largest absolute Gasteiger partial charge is 0.369 e. The Morgan fingerprint density at radius 3 is 2.55 bits per heavy atom. The number of nitrogens with zero attached hydrogens (tertiary/aromatic N) is 2. The van der Waals surface area contributed by atoms with Crippen molar-refractivity contribution in [1.82, 2.24) is 0 Å². The van der Waals surface area contributed by atoms with Crippen LogP contribution in [0.15, 0.2) is 23.1 Å². The van der Waals surface area contributed by atoms with Crippen LogP contribution in [0.2, 0.25) is 0 Å². The molecule has 1 atom stereocenters. The number of hydrogen-bond donors (Lipinski definition) is 0. The van der Waals surface area contributed by atoms with Crippen molar-refractivity contribution in [2.75, 3.05) is 24.2 Å². The molecular weight excluding hydrogens is 308 g/mol. The van der Waals surface area contributed by atoms with Crippen LogP contribution in [0.1, 0.15) is 20.8 Å². The number of non-ortho nitro benzene ring substituents is 1. The molecule has 8 heteroatoms. The summed E-state index contributed by atoms with van der Waals surface area (Å²) in [5.74, 6) is 0. The van der Waals surface area contributed by atoms with Crippen molar-refractivity contribution >= 4 is 21.2 Å². The van der Waals surface area contributed by atoms with E-state index in [1.807, 2.05) is 25.7 Å². The molecule has 122 valence electrons. The topological polar surface area (TPSA) is 89.8 Å². The Labute approximate surface area is 129 Å². The molecule has 7 nitrogen and oxygen atoms in total. The molecule has 1 heterocycles. The Morgan fingerprint density at radius 2 is 2.05 bits per heavy atom. The second-order valence-corrected chi connectivity index (χ2v) is 8.23. The monoisotopic (exact) mass is 328 g/mol. The molecule has 1 aromatic carbocycles. The molecule has 1 aliphatic rings. The molecule has 0 amide bonds. The Kier molecular flexibility index (Phi) is 4.18. The second-order valence-electron chi connectivity index (χ2n) is 6.25. The maximum Gasteiger partial charge on any atom is 0.270 e. The summed E-state index contributed by atoms with van der Waals surface area (Å²) in [4.78, 5) is 12.2. The van der Waals surface area contributed by atoms with E-state index in [0.29, 0.717) is 18.8 Å². The zero-order chi connectivity index (χ0) is 16.7. The molecule has 1 unspecified atom stereocenters. The minimum atomic E-state index is -3.58. The SMILES string of the molecule is CC1CN(c2ccc([N+](=O)[O-])cc2S(C)(=O)=O)CC(C)(C)O1. The number of nitro groups is 1. The van der Waals surface area contributed by atoms with Crippen molar-refractivity contribution in [2.24, 2.45) is 0 Å². The van der Waals surface area contributed by atoms with Crippen LogP contribution < -0.4 is 4.90 Å². The van der Waals surface area contributed by atoms with Gasteiger partial charge < -0.3 is 9.64 Å². The van der Waals surface area contributed by atoms with E-state index in [-0.39, 0.29) is 16.7 Å². The summed E-state index contributed by atoms with van der Waals surface area (Å²) in [6.07, 6.45) is 0.997. The number of benzene rings is 1. The van der Waals surface area contributed by atoms with Gasteiger partial charge in [0.2, 0.25) is 0 Å². The van der Waals surface area contributed by atoms with Crippen molar-refractivity contribution in [1.29, 1.82) is 0 Å². The molecule has 0 N–H and O–H groups in total. The zero-order valence-electron chi connectivity index (χ0n) is 13.1. The van der Waals surface area contributed by atoms with E-state index < -0.39 is 20.4 Å². The normalized spacial score (nSPS) is 21.6. The third kappa shape index (κ3) is 3.56. The van der Waals surface area contributed by atoms with E-state index >= 15 is 0 Å². The van der Waals surface area contributed by atoms with Gasteiger partial charge in [0, 0.05) is 31.5 Å². The number of anilines is 1. The predicted molar refractivity (Wildman–Crippen MR) is 83.0 cm³/mol. The summed E-state index contributed by atoms with van der Waals surface area (Å²) >= 11 is 0. The van der Waals surface area contributed by atoms with Gasteiger partial charge in [0.1, 0.15) is 0 Å². The van der Waals surface area contributed by atoms with Gasteiger partial charge in [-0.15, -0.1) is 0 Å². The number of sulfone groups is 1. The number of ether oxygens (including phenoxy) is 1. The molecule has 0 aromatic heterocycles. The van der Waals surface area contributed by atoms with Crippen molar-refractivity contribution in [3.63, 3.8) is 0 Å². The molecule has 0 saturated carbocycles. The molecule has 2 rings (SSSR count). The maximum atomic E-state index is 12.0. The van der Waals surface area contributed by atoms with Gasteiger partial charge in [0.25, 0.3) is 5.69 Å². The van der Waals surface area contributed by atoms with Crippen LogP contribution >= 0.6 is 0 Å². The average Bonchev–Trinajstić information content (AvgIpc) is 2.34. The molecule has 0 radical (unpaired) electrons. The Hall–Kier alpha value is -1.67. The van der Waals surface area contributed by atoms with Gasteiger partial charge in [-0.05, 0) is 26.8 Å². The fourth-order valence-corrected chi connectivity index (χ4v) is 3.72.